The van der Waals surface area contributed by atoms with E-state index in [-0.39, 0.29) is 12.3 Å². The smallest absolute Gasteiger partial charge is 0.332 e. The molecule has 8 heteroatoms. The molecule has 0 saturated carbocycles. The molecule has 190 valence electrons. The Morgan fingerprint density at radius 1 is 1.08 bits per heavy atom. The van der Waals surface area contributed by atoms with Crippen LogP contribution in [-0.2, 0) is 9.59 Å². The van der Waals surface area contributed by atoms with E-state index in [0.29, 0.717) is 42.4 Å². The lowest BCUT2D eigenvalue weighted by Gasteiger charge is -2.23. The second-order valence-corrected chi connectivity index (χ2v) is 8.93. The minimum atomic E-state index is -0.879. The predicted octanol–water partition coefficient (Wildman–Crippen LogP) is 5.15. The van der Waals surface area contributed by atoms with Crippen LogP contribution >= 0.6 is 0 Å². The number of nitrogens with zero attached hydrogens (tertiary/aromatic N) is 2. The fourth-order valence-electron chi connectivity index (χ4n) is 4.66. The summed E-state index contributed by atoms with van der Waals surface area (Å²) in [5.41, 5.74) is 2.34. The summed E-state index contributed by atoms with van der Waals surface area (Å²) in [6.45, 7) is 2.85. The van der Waals surface area contributed by atoms with Gasteiger partial charge in [-0.25, -0.2) is 9.69 Å². The van der Waals surface area contributed by atoms with Crippen molar-refractivity contribution >= 4 is 29.2 Å². The van der Waals surface area contributed by atoms with Crippen LogP contribution in [0.1, 0.15) is 45.4 Å². The maximum absolute atomic E-state index is 13.5. The molecule has 1 N–H and O–H groups in total. The molecular formula is C28H33N3O5. The SMILES string of the molecule is CCOc1ccc(NC(=O)C[C@@H]2C(=O)N(c3cccc(OC)c3)C(=O)N2CCC2=CCCCC2)cc1. The summed E-state index contributed by atoms with van der Waals surface area (Å²) in [5.74, 6) is 0.514. The lowest BCUT2D eigenvalue weighted by molar-refractivity contribution is -0.124. The number of rotatable bonds is 10. The third-order valence-electron chi connectivity index (χ3n) is 6.52. The van der Waals surface area contributed by atoms with E-state index >= 15 is 0 Å². The molecule has 1 heterocycles. The van der Waals surface area contributed by atoms with Crippen LogP contribution in [0.15, 0.2) is 60.2 Å². The van der Waals surface area contributed by atoms with E-state index < -0.39 is 18.0 Å². The topological polar surface area (TPSA) is 88.2 Å². The second kappa shape index (κ2) is 11.7. The van der Waals surface area contributed by atoms with E-state index in [1.54, 1.807) is 48.5 Å². The van der Waals surface area contributed by atoms with E-state index in [9.17, 15) is 14.4 Å². The van der Waals surface area contributed by atoms with Gasteiger partial charge in [0.05, 0.1) is 25.8 Å². The van der Waals surface area contributed by atoms with Gasteiger partial charge in [0.1, 0.15) is 17.5 Å². The van der Waals surface area contributed by atoms with E-state index in [4.69, 9.17) is 9.47 Å². The van der Waals surface area contributed by atoms with E-state index in [1.807, 2.05) is 6.92 Å². The molecule has 1 aliphatic heterocycles. The Labute approximate surface area is 211 Å². The van der Waals surface area contributed by atoms with Gasteiger partial charge < -0.3 is 19.7 Å². The molecule has 0 spiro atoms. The van der Waals surface area contributed by atoms with Gasteiger partial charge in [0, 0.05) is 18.3 Å². The largest absolute Gasteiger partial charge is 0.497 e. The summed E-state index contributed by atoms with van der Waals surface area (Å²) in [6.07, 6.45) is 7.19. The quantitative estimate of drug-likeness (QED) is 0.367. The van der Waals surface area contributed by atoms with Crippen molar-refractivity contribution in [2.75, 3.05) is 30.5 Å². The van der Waals surface area contributed by atoms with E-state index in [1.165, 1.54) is 24.0 Å². The Kier molecular flexibility index (Phi) is 8.25. The van der Waals surface area contributed by atoms with Gasteiger partial charge >= 0.3 is 6.03 Å². The molecule has 0 radical (unpaired) electrons. The molecule has 2 aliphatic rings. The van der Waals surface area contributed by atoms with Crippen molar-refractivity contribution in [1.82, 2.24) is 4.90 Å². The lowest BCUT2D eigenvalue weighted by Crippen LogP contribution is -2.38. The molecule has 1 fully saturated rings. The maximum Gasteiger partial charge on any atom is 0.332 e. The summed E-state index contributed by atoms with van der Waals surface area (Å²) < 4.78 is 10.7. The predicted molar refractivity (Wildman–Crippen MR) is 138 cm³/mol. The molecule has 2 aromatic rings. The second-order valence-electron chi connectivity index (χ2n) is 8.93. The number of benzene rings is 2. The van der Waals surface area contributed by atoms with Crippen LogP contribution in [0.3, 0.4) is 0 Å². The van der Waals surface area contributed by atoms with E-state index in [0.717, 1.165) is 24.2 Å². The fraction of sp³-hybridized carbons (Fsp3) is 0.393. The number of carbonyl (C=O) groups is 3. The molecule has 0 unspecified atom stereocenters. The number of ether oxygens (including phenoxy) is 2. The molecule has 1 aliphatic carbocycles. The molecule has 8 nitrogen and oxygen atoms in total. The normalized spacial score (nSPS) is 17.7. The monoisotopic (exact) mass is 491 g/mol. The first-order chi connectivity index (χ1) is 17.5. The van der Waals surface area contributed by atoms with Gasteiger partial charge in [-0.15, -0.1) is 0 Å². The summed E-state index contributed by atoms with van der Waals surface area (Å²) in [4.78, 5) is 42.6. The van der Waals surface area contributed by atoms with Gasteiger partial charge in [0.25, 0.3) is 5.91 Å². The number of imide groups is 1. The van der Waals surface area contributed by atoms with Crippen molar-refractivity contribution in [2.24, 2.45) is 0 Å². The minimum Gasteiger partial charge on any atom is -0.497 e. The molecule has 1 atom stereocenters. The van der Waals surface area contributed by atoms with Crippen molar-refractivity contribution in [2.45, 2.75) is 51.5 Å². The van der Waals surface area contributed by atoms with Gasteiger partial charge in [-0.3, -0.25) is 9.59 Å². The van der Waals surface area contributed by atoms with Crippen molar-refractivity contribution in [3.63, 3.8) is 0 Å². The first-order valence-electron chi connectivity index (χ1n) is 12.5. The van der Waals surface area contributed by atoms with Crippen LogP contribution in [0.2, 0.25) is 0 Å². The average molecular weight is 492 g/mol. The molecule has 36 heavy (non-hydrogen) atoms. The lowest BCUT2D eigenvalue weighted by atomic mass is 9.97. The third kappa shape index (κ3) is 5.87. The highest BCUT2D eigenvalue weighted by molar-refractivity contribution is 6.22. The Morgan fingerprint density at radius 3 is 2.58 bits per heavy atom. The summed E-state index contributed by atoms with van der Waals surface area (Å²) in [7, 11) is 1.53. The van der Waals surface area contributed by atoms with Crippen molar-refractivity contribution in [3.8, 4) is 11.5 Å². The van der Waals surface area contributed by atoms with Crippen molar-refractivity contribution in [1.29, 1.82) is 0 Å². The number of carbonyl (C=O) groups excluding carboxylic acids is 3. The Morgan fingerprint density at radius 2 is 1.89 bits per heavy atom. The standard InChI is InChI=1S/C28H33N3O5/c1-3-36-23-14-12-21(13-15-23)29-26(32)19-25-27(33)31(22-10-7-11-24(18-22)35-2)28(34)30(25)17-16-20-8-5-4-6-9-20/h7-8,10-15,18,25H,3-6,9,16-17,19H2,1-2H3,(H,29,32)/t25-/m1/s1. The summed E-state index contributed by atoms with van der Waals surface area (Å²) in [5, 5.41) is 2.84. The number of nitrogens with one attached hydrogen (secondary N) is 1. The molecule has 4 amide bonds. The number of anilines is 2. The number of hydrogen-bond donors (Lipinski definition) is 1. The van der Waals surface area contributed by atoms with Crippen molar-refractivity contribution in [3.05, 3.63) is 60.2 Å². The molecular weight excluding hydrogens is 458 g/mol. The summed E-state index contributed by atoms with van der Waals surface area (Å²) in [6, 6.07) is 12.6. The number of urea groups is 1. The molecule has 1 saturated heterocycles. The van der Waals surface area contributed by atoms with Crippen LogP contribution < -0.4 is 19.7 Å². The van der Waals surface area contributed by atoms with Crippen LogP contribution in [0.5, 0.6) is 11.5 Å². The highest BCUT2D eigenvalue weighted by Crippen LogP contribution is 2.31. The maximum atomic E-state index is 13.5. The van der Waals surface area contributed by atoms with Gasteiger partial charge in [0.2, 0.25) is 5.91 Å². The zero-order valence-corrected chi connectivity index (χ0v) is 20.9. The Hall–Kier alpha value is -3.81. The first-order valence-corrected chi connectivity index (χ1v) is 12.5. The average Bonchev–Trinajstić information content (AvgIpc) is 3.13. The molecule has 2 aromatic carbocycles. The number of hydrogen-bond acceptors (Lipinski definition) is 5. The fourth-order valence-corrected chi connectivity index (χ4v) is 4.66. The number of allylic oxidation sites excluding steroid dienone is 1. The highest BCUT2D eigenvalue weighted by atomic mass is 16.5. The minimum absolute atomic E-state index is 0.128. The number of amides is 4. The molecule has 0 bridgehead atoms. The van der Waals surface area contributed by atoms with E-state index in [2.05, 4.69) is 11.4 Å². The third-order valence-corrected chi connectivity index (χ3v) is 6.52. The zero-order chi connectivity index (χ0) is 25.5. The van der Waals surface area contributed by atoms with Gasteiger partial charge in [-0.2, -0.15) is 0 Å². The van der Waals surface area contributed by atoms with Gasteiger partial charge in [-0.1, -0.05) is 17.7 Å². The number of methoxy groups -OCH3 is 1. The van der Waals surface area contributed by atoms with Gasteiger partial charge in [0.15, 0.2) is 0 Å². The Bertz CT molecular complexity index is 1130. The van der Waals surface area contributed by atoms with Crippen LogP contribution in [0, 0.1) is 0 Å². The molecule has 4 rings (SSSR count). The molecule has 0 aromatic heterocycles. The van der Waals surface area contributed by atoms with Crippen molar-refractivity contribution < 1.29 is 23.9 Å². The highest BCUT2D eigenvalue weighted by Gasteiger charge is 2.46. The first kappa shape index (κ1) is 25.3. The zero-order valence-electron chi connectivity index (χ0n) is 20.9. The van der Waals surface area contributed by atoms with Crippen LogP contribution in [-0.4, -0.2) is 49.0 Å². The van der Waals surface area contributed by atoms with Crippen LogP contribution in [0.25, 0.3) is 0 Å². The summed E-state index contributed by atoms with van der Waals surface area (Å²) >= 11 is 0. The van der Waals surface area contributed by atoms with Gasteiger partial charge in [-0.05, 0) is 75.4 Å². The van der Waals surface area contributed by atoms with Crippen LogP contribution in [0.4, 0.5) is 16.2 Å². The Balaban J connectivity index is 1.52.